The first-order valence-electron chi connectivity index (χ1n) is 7.83. The number of halogens is 4. The van der Waals surface area contributed by atoms with Gasteiger partial charge in [-0.05, 0) is 36.8 Å². The number of urea groups is 1. The fraction of sp³-hybridized carbons (Fsp3) is 0.278. The van der Waals surface area contributed by atoms with E-state index >= 15 is 0 Å². The molecule has 0 fully saturated rings. The van der Waals surface area contributed by atoms with Gasteiger partial charge in [0.05, 0.1) is 10.6 Å². The monoisotopic (exact) mass is 370 g/mol. The number of unbranched alkanes of at least 4 members (excludes halogenated alkanes) is 1. The van der Waals surface area contributed by atoms with Crippen LogP contribution in [0.25, 0.3) is 0 Å². The molecule has 2 aromatic rings. The number of hydrogen-bond acceptors (Lipinski definition) is 1. The molecule has 2 rings (SSSR count). The normalized spacial score (nSPS) is 11.2. The topological polar surface area (TPSA) is 32.3 Å². The number of amides is 2. The van der Waals surface area contributed by atoms with E-state index in [1.807, 2.05) is 25.1 Å². The highest BCUT2D eigenvalue weighted by Crippen LogP contribution is 2.35. The van der Waals surface area contributed by atoms with Gasteiger partial charge in [0.1, 0.15) is 0 Å². The summed E-state index contributed by atoms with van der Waals surface area (Å²) in [4.78, 5) is 14.1. The highest BCUT2D eigenvalue weighted by atomic mass is 35.5. The Hall–Kier alpha value is -2.21. The van der Waals surface area contributed by atoms with Crippen LogP contribution >= 0.6 is 11.6 Å². The van der Waals surface area contributed by atoms with E-state index in [1.165, 1.54) is 6.07 Å². The third-order valence-electron chi connectivity index (χ3n) is 3.57. The maximum Gasteiger partial charge on any atom is 0.417 e. The molecule has 2 aromatic carbocycles. The van der Waals surface area contributed by atoms with Crippen molar-refractivity contribution in [2.75, 3.05) is 16.8 Å². The molecule has 0 aliphatic carbocycles. The number of alkyl halides is 3. The molecule has 0 aliphatic heterocycles. The zero-order valence-electron chi connectivity index (χ0n) is 13.6. The lowest BCUT2D eigenvalue weighted by molar-refractivity contribution is -0.137. The Labute approximate surface area is 149 Å². The van der Waals surface area contributed by atoms with Gasteiger partial charge in [-0.3, -0.25) is 4.90 Å². The van der Waals surface area contributed by atoms with Crippen molar-refractivity contribution in [3.8, 4) is 0 Å². The van der Waals surface area contributed by atoms with Gasteiger partial charge in [-0.15, -0.1) is 0 Å². The van der Waals surface area contributed by atoms with Crippen LogP contribution in [0.15, 0.2) is 48.5 Å². The van der Waals surface area contributed by atoms with E-state index in [0.717, 1.165) is 25.0 Å². The van der Waals surface area contributed by atoms with E-state index in [-0.39, 0.29) is 5.69 Å². The maximum atomic E-state index is 12.8. The zero-order valence-corrected chi connectivity index (χ0v) is 14.4. The van der Waals surface area contributed by atoms with Crippen LogP contribution in [0.4, 0.5) is 29.3 Å². The van der Waals surface area contributed by atoms with Crippen molar-refractivity contribution in [3.63, 3.8) is 0 Å². The van der Waals surface area contributed by atoms with Crippen LogP contribution in [0.5, 0.6) is 0 Å². The molecule has 0 saturated heterocycles. The minimum Gasteiger partial charge on any atom is -0.307 e. The number of benzene rings is 2. The number of nitrogens with zero attached hydrogens (tertiary/aromatic N) is 1. The molecule has 7 heteroatoms. The Morgan fingerprint density at radius 1 is 1.16 bits per heavy atom. The minimum atomic E-state index is -4.53. The van der Waals surface area contributed by atoms with E-state index < -0.39 is 22.8 Å². The smallest absolute Gasteiger partial charge is 0.307 e. The molecule has 2 amide bonds. The van der Waals surface area contributed by atoms with Gasteiger partial charge in [0.15, 0.2) is 0 Å². The van der Waals surface area contributed by atoms with E-state index in [9.17, 15) is 18.0 Å². The molecule has 0 atom stereocenters. The van der Waals surface area contributed by atoms with E-state index in [2.05, 4.69) is 5.32 Å². The van der Waals surface area contributed by atoms with Crippen molar-refractivity contribution in [3.05, 3.63) is 59.1 Å². The number of anilines is 2. The predicted molar refractivity (Wildman–Crippen MR) is 94.2 cm³/mol. The molecule has 0 spiro atoms. The number of carbonyl (C=O) groups is 1. The molecular weight excluding hydrogens is 353 g/mol. The lowest BCUT2D eigenvalue weighted by Crippen LogP contribution is -2.35. The molecule has 3 nitrogen and oxygen atoms in total. The standard InChI is InChI=1S/C18H18ClF3N2O/c1-2-3-11-24(14-7-5-4-6-8-14)17(25)23-13-9-10-15(16(19)12-13)18(20,21)22/h4-10,12H,2-3,11H2,1H3,(H,23,25). The average molecular weight is 371 g/mol. The molecule has 0 radical (unpaired) electrons. The van der Waals surface area contributed by atoms with Gasteiger partial charge in [0, 0.05) is 17.9 Å². The Balaban J connectivity index is 2.19. The second-order valence-corrected chi connectivity index (χ2v) is 5.87. The van der Waals surface area contributed by atoms with E-state index in [4.69, 9.17) is 11.6 Å². The second-order valence-electron chi connectivity index (χ2n) is 5.46. The summed E-state index contributed by atoms with van der Waals surface area (Å²) in [6.07, 6.45) is -2.82. The first kappa shape index (κ1) is 19.1. The number of hydrogen-bond donors (Lipinski definition) is 1. The van der Waals surface area contributed by atoms with E-state index in [0.29, 0.717) is 12.2 Å². The summed E-state index contributed by atoms with van der Waals surface area (Å²) in [6, 6.07) is 11.8. The SMILES string of the molecule is CCCCN(C(=O)Nc1ccc(C(F)(F)F)c(Cl)c1)c1ccccc1. The first-order valence-corrected chi connectivity index (χ1v) is 8.21. The largest absolute Gasteiger partial charge is 0.417 e. The molecular formula is C18H18ClF3N2O. The Kier molecular flexibility index (Phi) is 6.31. The number of para-hydroxylation sites is 1. The van der Waals surface area contributed by atoms with Crippen LogP contribution in [0.2, 0.25) is 5.02 Å². The van der Waals surface area contributed by atoms with Crippen LogP contribution in [0.1, 0.15) is 25.3 Å². The van der Waals surface area contributed by atoms with Gasteiger partial charge in [0.2, 0.25) is 0 Å². The highest BCUT2D eigenvalue weighted by Gasteiger charge is 2.33. The summed E-state index contributed by atoms with van der Waals surface area (Å²) < 4.78 is 38.3. The highest BCUT2D eigenvalue weighted by molar-refractivity contribution is 6.31. The van der Waals surface area contributed by atoms with Gasteiger partial charge in [-0.2, -0.15) is 13.2 Å². The molecule has 0 saturated carbocycles. The molecule has 0 unspecified atom stereocenters. The Morgan fingerprint density at radius 2 is 1.84 bits per heavy atom. The lowest BCUT2D eigenvalue weighted by atomic mass is 10.2. The fourth-order valence-corrected chi connectivity index (χ4v) is 2.57. The third-order valence-corrected chi connectivity index (χ3v) is 3.89. The fourth-order valence-electron chi connectivity index (χ4n) is 2.29. The molecule has 0 heterocycles. The average Bonchev–Trinajstić information content (AvgIpc) is 2.55. The van der Waals surface area contributed by atoms with Crippen LogP contribution in [-0.4, -0.2) is 12.6 Å². The van der Waals surface area contributed by atoms with Crippen LogP contribution in [-0.2, 0) is 6.18 Å². The van der Waals surface area contributed by atoms with Gasteiger partial charge in [-0.1, -0.05) is 43.1 Å². The quantitative estimate of drug-likeness (QED) is 0.667. The van der Waals surface area contributed by atoms with Crippen molar-refractivity contribution in [1.82, 2.24) is 0 Å². The lowest BCUT2D eigenvalue weighted by Gasteiger charge is -2.23. The number of nitrogens with one attached hydrogen (secondary N) is 1. The van der Waals surface area contributed by atoms with Crippen molar-refractivity contribution >= 4 is 29.0 Å². The summed E-state index contributed by atoms with van der Waals surface area (Å²) in [5, 5.41) is 2.15. The van der Waals surface area contributed by atoms with Gasteiger partial charge >= 0.3 is 12.2 Å². The summed E-state index contributed by atoms with van der Waals surface area (Å²) in [6.45, 7) is 2.51. The summed E-state index contributed by atoms with van der Waals surface area (Å²) in [5.74, 6) is 0. The Bertz CT molecular complexity index is 720. The van der Waals surface area contributed by atoms with Crippen LogP contribution in [0, 0.1) is 0 Å². The molecule has 1 N–H and O–H groups in total. The molecule has 134 valence electrons. The maximum absolute atomic E-state index is 12.8. The number of carbonyl (C=O) groups excluding carboxylic acids is 1. The van der Waals surface area contributed by atoms with Gasteiger partial charge < -0.3 is 5.32 Å². The molecule has 0 bridgehead atoms. The molecule has 0 aromatic heterocycles. The second kappa shape index (κ2) is 8.25. The molecule has 0 aliphatic rings. The summed E-state index contributed by atoms with van der Waals surface area (Å²) in [5.41, 5.74) is -0.00930. The van der Waals surface area contributed by atoms with E-state index in [1.54, 1.807) is 17.0 Å². The minimum absolute atomic E-state index is 0.209. The van der Waals surface area contributed by atoms with Crippen molar-refractivity contribution in [2.24, 2.45) is 0 Å². The summed E-state index contributed by atoms with van der Waals surface area (Å²) in [7, 11) is 0. The van der Waals surface area contributed by atoms with Crippen LogP contribution in [0.3, 0.4) is 0 Å². The van der Waals surface area contributed by atoms with Gasteiger partial charge in [0.25, 0.3) is 0 Å². The first-order chi connectivity index (χ1) is 11.8. The Morgan fingerprint density at radius 3 is 2.40 bits per heavy atom. The predicted octanol–water partition coefficient (Wildman–Crippen LogP) is 6.20. The molecule has 25 heavy (non-hydrogen) atoms. The summed E-state index contributed by atoms with van der Waals surface area (Å²) >= 11 is 5.69. The third kappa shape index (κ3) is 5.13. The van der Waals surface area contributed by atoms with Gasteiger partial charge in [-0.25, -0.2) is 4.79 Å². The van der Waals surface area contributed by atoms with Crippen LogP contribution < -0.4 is 10.2 Å². The number of rotatable bonds is 5. The van der Waals surface area contributed by atoms with Crippen molar-refractivity contribution < 1.29 is 18.0 Å². The van der Waals surface area contributed by atoms with Crippen molar-refractivity contribution in [1.29, 1.82) is 0 Å². The van der Waals surface area contributed by atoms with Crippen molar-refractivity contribution in [2.45, 2.75) is 25.9 Å². The zero-order chi connectivity index (χ0) is 18.4.